The molecule has 0 aliphatic rings. The van der Waals surface area contributed by atoms with Gasteiger partial charge >= 0.3 is 0 Å². The van der Waals surface area contributed by atoms with E-state index in [2.05, 4.69) is 20.8 Å². The van der Waals surface area contributed by atoms with Gasteiger partial charge < -0.3 is 5.32 Å². The maximum absolute atomic E-state index is 12.5. The van der Waals surface area contributed by atoms with Crippen molar-refractivity contribution in [2.24, 2.45) is 0 Å². The van der Waals surface area contributed by atoms with Crippen molar-refractivity contribution in [3.8, 4) is 5.69 Å². The molecule has 2 aromatic carbocycles. The summed E-state index contributed by atoms with van der Waals surface area (Å²) in [5.41, 5.74) is 5.08. The van der Waals surface area contributed by atoms with Gasteiger partial charge in [0.1, 0.15) is 0 Å². The largest absolute Gasteiger partial charge is 0.325 e. The first kappa shape index (κ1) is 18.1. The van der Waals surface area contributed by atoms with E-state index in [0.29, 0.717) is 5.16 Å². The molecule has 1 heterocycles. The number of anilines is 1. The Kier molecular flexibility index (Phi) is 5.37. The van der Waals surface area contributed by atoms with Gasteiger partial charge in [-0.05, 0) is 73.0 Å². The molecule has 0 spiro atoms. The standard InChI is InChI=1S/C19H21N5OS/c1-12-7-5-9-16(11-12)20-18(25)15(4)26-19-21-22-23-24(19)17-10-6-8-13(2)14(17)3/h5-11,15H,1-4H3,(H,20,25)/t15-/m0/s1. The van der Waals surface area contributed by atoms with E-state index in [1.54, 1.807) is 4.68 Å². The van der Waals surface area contributed by atoms with Gasteiger partial charge in [-0.2, -0.15) is 4.68 Å². The van der Waals surface area contributed by atoms with Gasteiger partial charge in [-0.3, -0.25) is 4.79 Å². The Hall–Kier alpha value is -2.67. The highest BCUT2D eigenvalue weighted by Gasteiger charge is 2.20. The summed E-state index contributed by atoms with van der Waals surface area (Å²) in [5, 5.41) is 15.2. The molecule has 0 bridgehead atoms. The SMILES string of the molecule is Cc1cccc(NC(=O)[C@H](C)Sc2nnnn2-c2cccc(C)c2C)c1. The minimum atomic E-state index is -0.342. The summed E-state index contributed by atoms with van der Waals surface area (Å²) < 4.78 is 1.68. The van der Waals surface area contributed by atoms with Gasteiger partial charge in [0.05, 0.1) is 10.9 Å². The fourth-order valence-electron chi connectivity index (χ4n) is 2.55. The lowest BCUT2D eigenvalue weighted by Gasteiger charge is -2.13. The molecule has 7 heteroatoms. The van der Waals surface area contributed by atoms with Crippen molar-refractivity contribution in [2.75, 3.05) is 5.32 Å². The van der Waals surface area contributed by atoms with Gasteiger partial charge in [0.25, 0.3) is 0 Å². The molecule has 1 amide bonds. The van der Waals surface area contributed by atoms with Gasteiger partial charge in [-0.1, -0.05) is 36.0 Å². The number of thioether (sulfide) groups is 1. The molecule has 0 saturated carbocycles. The Balaban J connectivity index is 1.76. The van der Waals surface area contributed by atoms with Crippen LogP contribution in [0.1, 0.15) is 23.6 Å². The molecule has 26 heavy (non-hydrogen) atoms. The third kappa shape index (κ3) is 3.94. The smallest absolute Gasteiger partial charge is 0.237 e. The maximum Gasteiger partial charge on any atom is 0.237 e. The molecular formula is C19H21N5OS. The molecule has 0 saturated heterocycles. The number of hydrogen-bond acceptors (Lipinski definition) is 5. The van der Waals surface area contributed by atoms with E-state index in [-0.39, 0.29) is 11.2 Å². The fourth-order valence-corrected chi connectivity index (χ4v) is 3.35. The number of benzene rings is 2. The maximum atomic E-state index is 12.5. The van der Waals surface area contributed by atoms with Crippen molar-refractivity contribution in [3.63, 3.8) is 0 Å². The van der Waals surface area contributed by atoms with E-state index < -0.39 is 0 Å². The molecule has 1 atom stereocenters. The van der Waals surface area contributed by atoms with Crippen molar-refractivity contribution >= 4 is 23.4 Å². The zero-order valence-electron chi connectivity index (χ0n) is 15.2. The molecule has 0 radical (unpaired) electrons. The number of carbonyl (C=O) groups is 1. The average molecular weight is 367 g/mol. The van der Waals surface area contributed by atoms with Gasteiger partial charge in [0, 0.05) is 5.69 Å². The molecule has 6 nitrogen and oxygen atoms in total. The van der Waals surface area contributed by atoms with Crippen LogP contribution in [0, 0.1) is 20.8 Å². The van der Waals surface area contributed by atoms with Gasteiger partial charge in [-0.15, -0.1) is 5.10 Å². The summed E-state index contributed by atoms with van der Waals surface area (Å²) in [4.78, 5) is 12.5. The molecule has 0 aliphatic carbocycles. The molecule has 0 fully saturated rings. The van der Waals surface area contributed by atoms with Crippen molar-refractivity contribution in [1.29, 1.82) is 0 Å². The van der Waals surface area contributed by atoms with Crippen LogP contribution in [-0.2, 0) is 4.79 Å². The highest BCUT2D eigenvalue weighted by Crippen LogP contribution is 2.26. The molecule has 0 unspecified atom stereocenters. The second-order valence-corrected chi connectivity index (χ2v) is 7.52. The fraction of sp³-hybridized carbons (Fsp3) is 0.263. The third-order valence-corrected chi connectivity index (χ3v) is 5.22. The summed E-state index contributed by atoms with van der Waals surface area (Å²) >= 11 is 1.33. The van der Waals surface area contributed by atoms with Crippen LogP contribution in [0.4, 0.5) is 5.69 Å². The van der Waals surface area contributed by atoms with Crippen LogP contribution >= 0.6 is 11.8 Å². The number of hydrogen-bond donors (Lipinski definition) is 1. The topological polar surface area (TPSA) is 72.7 Å². The van der Waals surface area contributed by atoms with Crippen molar-refractivity contribution in [3.05, 3.63) is 59.2 Å². The summed E-state index contributed by atoms with van der Waals surface area (Å²) in [5.74, 6) is -0.0869. The Morgan fingerprint density at radius 2 is 1.92 bits per heavy atom. The van der Waals surface area contributed by atoms with E-state index in [1.165, 1.54) is 17.3 Å². The quantitative estimate of drug-likeness (QED) is 0.696. The minimum absolute atomic E-state index is 0.0869. The lowest BCUT2D eigenvalue weighted by molar-refractivity contribution is -0.115. The minimum Gasteiger partial charge on any atom is -0.325 e. The number of nitrogens with one attached hydrogen (secondary N) is 1. The van der Waals surface area contributed by atoms with E-state index in [1.807, 2.05) is 70.2 Å². The second-order valence-electron chi connectivity index (χ2n) is 6.21. The second kappa shape index (κ2) is 7.70. The normalized spacial score (nSPS) is 12.0. The van der Waals surface area contributed by atoms with Crippen LogP contribution in [0.3, 0.4) is 0 Å². The number of amides is 1. The van der Waals surface area contributed by atoms with Crippen molar-refractivity contribution in [2.45, 2.75) is 38.1 Å². The summed E-state index contributed by atoms with van der Waals surface area (Å²) in [7, 11) is 0. The molecule has 3 rings (SSSR count). The third-order valence-electron chi connectivity index (χ3n) is 4.18. The monoisotopic (exact) mass is 367 g/mol. The number of rotatable bonds is 5. The zero-order chi connectivity index (χ0) is 18.7. The Morgan fingerprint density at radius 1 is 1.15 bits per heavy atom. The predicted molar refractivity (Wildman–Crippen MR) is 104 cm³/mol. The first-order valence-corrected chi connectivity index (χ1v) is 9.23. The average Bonchev–Trinajstić information content (AvgIpc) is 3.05. The Labute approximate surface area is 157 Å². The van der Waals surface area contributed by atoms with Crippen LogP contribution in [0.25, 0.3) is 5.69 Å². The summed E-state index contributed by atoms with van der Waals surface area (Å²) in [6, 6.07) is 13.7. The molecule has 1 aromatic heterocycles. The Morgan fingerprint density at radius 3 is 2.69 bits per heavy atom. The van der Waals surface area contributed by atoms with E-state index >= 15 is 0 Å². The van der Waals surface area contributed by atoms with Gasteiger partial charge in [0.2, 0.25) is 11.1 Å². The predicted octanol–water partition coefficient (Wildman–Crippen LogP) is 3.71. The lowest BCUT2D eigenvalue weighted by atomic mass is 10.1. The molecule has 3 aromatic rings. The van der Waals surface area contributed by atoms with Gasteiger partial charge in [-0.25, -0.2) is 0 Å². The first-order valence-electron chi connectivity index (χ1n) is 8.35. The van der Waals surface area contributed by atoms with Crippen LogP contribution in [-0.4, -0.2) is 31.4 Å². The zero-order valence-corrected chi connectivity index (χ0v) is 16.0. The number of tetrazole rings is 1. The summed E-state index contributed by atoms with van der Waals surface area (Å²) in [6.45, 7) is 7.92. The van der Waals surface area contributed by atoms with Gasteiger partial charge in [0.15, 0.2) is 0 Å². The number of carbonyl (C=O) groups excluding carboxylic acids is 1. The highest BCUT2D eigenvalue weighted by molar-refractivity contribution is 8.00. The number of nitrogens with zero attached hydrogens (tertiary/aromatic N) is 4. The number of aromatic nitrogens is 4. The molecular weight excluding hydrogens is 346 g/mol. The van der Waals surface area contributed by atoms with Crippen LogP contribution < -0.4 is 5.32 Å². The molecule has 0 aliphatic heterocycles. The number of aryl methyl sites for hydroxylation is 2. The van der Waals surface area contributed by atoms with E-state index in [9.17, 15) is 4.79 Å². The molecule has 134 valence electrons. The Bertz CT molecular complexity index is 937. The highest BCUT2D eigenvalue weighted by atomic mass is 32.2. The van der Waals surface area contributed by atoms with Crippen LogP contribution in [0.5, 0.6) is 0 Å². The van der Waals surface area contributed by atoms with Crippen LogP contribution in [0.2, 0.25) is 0 Å². The van der Waals surface area contributed by atoms with Crippen molar-refractivity contribution < 1.29 is 4.79 Å². The first-order chi connectivity index (χ1) is 12.5. The van der Waals surface area contributed by atoms with E-state index in [4.69, 9.17) is 0 Å². The van der Waals surface area contributed by atoms with Crippen molar-refractivity contribution in [1.82, 2.24) is 20.2 Å². The van der Waals surface area contributed by atoms with E-state index in [0.717, 1.165) is 22.5 Å². The lowest BCUT2D eigenvalue weighted by Crippen LogP contribution is -2.23. The molecule has 1 N–H and O–H groups in total. The summed E-state index contributed by atoms with van der Waals surface area (Å²) in [6.07, 6.45) is 0. The van der Waals surface area contributed by atoms with Crippen LogP contribution in [0.15, 0.2) is 47.6 Å².